The van der Waals surface area contributed by atoms with E-state index in [4.69, 9.17) is 0 Å². The first-order chi connectivity index (χ1) is 13.6. The molecule has 164 valence electrons. The van der Waals surface area contributed by atoms with Gasteiger partial charge in [0.1, 0.15) is 6.54 Å². The number of benzene rings is 1. The molecule has 0 spiro atoms. The number of hydrogen-bond acceptors (Lipinski definition) is 3. The summed E-state index contributed by atoms with van der Waals surface area (Å²) in [5, 5.41) is 7.01. The number of rotatable bonds is 10. The Kier molecular flexibility index (Phi) is 13.4. The summed E-state index contributed by atoms with van der Waals surface area (Å²) in [4.78, 5) is 18.1. The van der Waals surface area contributed by atoms with Crippen molar-refractivity contribution < 1.29 is 4.79 Å². The van der Waals surface area contributed by atoms with Crippen LogP contribution in [0.5, 0.6) is 0 Å². The van der Waals surface area contributed by atoms with Crippen LogP contribution in [0.2, 0.25) is 0 Å². The Bertz CT molecular complexity index is 639. The van der Waals surface area contributed by atoms with Gasteiger partial charge in [0.25, 0.3) is 0 Å². The van der Waals surface area contributed by atoms with Gasteiger partial charge in [-0.15, -0.1) is 24.0 Å². The number of thioether (sulfide) groups is 1. The van der Waals surface area contributed by atoms with Gasteiger partial charge in [0.05, 0.1) is 0 Å². The van der Waals surface area contributed by atoms with Crippen LogP contribution in [0.1, 0.15) is 43.2 Å². The van der Waals surface area contributed by atoms with Crippen LogP contribution in [0.3, 0.4) is 0 Å². The molecule has 29 heavy (non-hydrogen) atoms. The number of aliphatic imine (C=N–C) groups is 1. The van der Waals surface area contributed by atoms with Gasteiger partial charge < -0.3 is 15.5 Å². The second kappa shape index (κ2) is 14.9. The maximum absolute atomic E-state index is 11.9. The lowest BCUT2D eigenvalue weighted by atomic mass is 9.88. The average molecular weight is 533 g/mol. The molecule has 1 amide bonds. The maximum atomic E-state index is 11.9. The Hall–Kier alpha value is -0.960. The monoisotopic (exact) mass is 532 g/mol. The molecule has 1 aromatic rings. The standard InChI is InChI=1S/C22H36N4OS.HI/c1-26(2)21(27)17-24-22(23-14-8-4-5-9-15-28-3)25-20-13-12-18-10-6-7-11-19(18)16-20;/h6-7,10-11,20H,4-5,8-9,12-17H2,1-3H3,(H2,23,24,25);1H. The van der Waals surface area contributed by atoms with Crippen molar-refractivity contribution in [1.29, 1.82) is 0 Å². The van der Waals surface area contributed by atoms with Crippen LogP contribution in [0.15, 0.2) is 29.3 Å². The topological polar surface area (TPSA) is 56.7 Å². The summed E-state index contributed by atoms with van der Waals surface area (Å²) in [6.07, 6.45) is 10.3. The molecule has 0 aliphatic heterocycles. The van der Waals surface area contributed by atoms with Gasteiger partial charge in [0.15, 0.2) is 5.96 Å². The van der Waals surface area contributed by atoms with Crippen molar-refractivity contribution in [3.05, 3.63) is 35.4 Å². The molecule has 5 nitrogen and oxygen atoms in total. The van der Waals surface area contributed by atoms with E-state index in [1.165, 1.54) is 36.1 Å². The van der Waals surface area contributed by atoms with Crippen LogP contribution in [0.4, 0.5) is 0 Å². The van der Waals surface area contributed by atoms with Crippen molar-refractivity contribution in [2.24, 2.45) is 4.99 Å². The smallest absolute Gasteiger partial charge is 0.243 e. The number of carbonyl (C=O) groups excluding carboxylic acids is 1. The summed E-state index contributed by atoms with van der Waals surface area (Å²) < 4.78 is 0. The Morgan fingerprint density at radius 2 is 1.90 bits per heavy atom. The fraction of sp³-hybridized carbons (Fsp3) is 0.636. The van der Waals surface area contributed by atoms with Gasteiger partial charge in [0.2, 0.25) is 5.91 Å². The van der Waals surface area contributed by atoms with E-state index in [0.717, 1.165) is 38.2 Å². The van der Waals surface area contributed by atoms with E-state index in [2.05, 4.69) is 46.1 Å². The zero-order chi connectivity index (χ0) is 20.2. The van der Waals surface area contributed by atoms with Crippen LogP contribution in [-0.2, 0) is 17.6 Å². The minimum absolute atomic E-state index is 0. The number of likely N-dealkylation sites (N-methyl/N-ethyl adjacent to an activating group) is 1. The average Bonchev–Trinajstić information content (AvgIpc) is 2.70. The lowest BCUT2D eigenvalue weighted by molar-refractivity contribution is -0.127. The predicted octanol–water partition coefficient (Wildman–Crippen LogP) is 3.71. The molecule has 1 aromatic carbocycles. The summed E-state index contributed by atoms with van der Waals surface area (Å²) in [6.45, 7) is 1.07. The quantitative estimate of drug-likeness (QED) is 0.209. The molecule has 7 heteroatoms. The van der Waals surface area contributed by atoms with E-state index in [1.807, 2.05) is 11.8 Å². The highest BCUT2D eigenvalue weighted by Crippen LogP contribution is 2.20. The lowest BCUT2D eigenvalue weighted by Crippen LogP contribution is -2.46. The zero-order valence-electron chi connectivity index (χ0n) is 18.1. The Morgan fingerprint density at radius 3 is 2.62 bits per heavy atom. The molecule has 0 bridgehead atoms. The van der Waals surface area contributed by atoms with Crippen molar-refractivity contribution in [1.82, 2.24) is 15.5 Å². The second-order valence-electron chi connectivity index (χ2n) is 7.64. The summed E-state index contributed by atoms with van der Waals surface area (Å²) in [7, 11) is 3.54. The van der Waals surface area contributed by atoms with E-state index in [9.17, 15) is 4.79 Å². The molecular weight excluding hydrogens is 495 g/mol. The minimum atomic E-state index is 0. The minimum Gasteiger partial charge on any atom is -0.356 e. The van der Waals surface area contributed by atoms with Crippen molar-refractivity contribution in [2.45, 2.75) is 51.0 Å². The zero-order valence-corrected chi connectivity index (χ0v) is 21.2. The highest BCUT2D eigenvalue weighted by Gasteiger charge is 2.19. The highest BCUT2D eigenvalue weighted by atomic mass is 127. The van der Waals surface area contributed by atoms with Gasteiger partial charge in [-0.05, 0) is 55.2 Å². The Labute approximate surface area is 197 Å². The summed E-state index contributed by atoms with van der Waals surface area (Å²) in [5.41, 5.74) is 2.88. The third-order valence-corrected chi connectivity index (χ3v) is 5.82. The van der Waals surface area contributed by atoms with Crippen LogP contribution < -0.4 is 10.6 Å². The molecule has 0 saturated carbocycles. The molecule has 1 atom stereocenters. The molecular formula is C22H37IN4OS. The summed E-state index contributed by atoms with van der Waals surface area (Å²) >= 11 is 1.92. The van der Waals surface area contributed by atoms with E-state index >= 15 is 0 Å². The number of carbonyl (C=O) groups is 1. The summed E-state index contributed by atoms with van der Waals surface area (Å²) in [5.74, 6) is 2.04. The van der Waals surface area contributed by atoms with Gasteiger partial charge in [0, 0.05) is 26.7 Å². The molecule has 2 rings (SSSR count). The predicted molar refractivity (Wildman–Crippen MR) is 137 cm³/mol. The first-order valence-electron chi connectivity index (χ1n) is 10.4. The third-order valence-electron chi connectivity index (χ3n) is 5.13. The van der Waals surface area contributed by atoms with Crippen LogP contribution in [0, 0.1) is 0 Å². The molecule has 1 aliphatic rings. The van der Waals surface area contributed by atoms with E-state index < -0.39 is 0 Å². The largest absolute Gasteiger partial charge is 0.356 e. The van der Waals surface area contributed by atoms with Crippen LogP contribution in [-0.4, -0.2) is 62.0 Å². The molecule has 1 aliphatic carbocycles. The Balaban J connectivity index is 0.00000420. The third kappa shape index (κ3) is 10.1. The van der Waals surface area contributed by atoms with Crippen molar-refractivity contribution in [2.75, 3.05) is 39.2 Å². The van der Waals surface area contributed by atoms with Gasteiger partial charge in [-0.25, -0.2) is 4.99 Å². The number of nitrogens with one attached hydrogen (secondary N) is 2. The molecule has 0 heterocycles. The molecule has 0 radical (unpaired) electrons. The van der Waals surface area contributed by atoms with E-state index in [0.29, 0.717) is 6.04 Å². The summed E-state index contributed by atoms with van der Waals surface area (Å²) in [6, 6.07) is 9.04. The number of nitrogens with zero attached hydrogens (tertiary/aromatic N) is 2. The fourth-order valence-electron chi connectivity index (χ4n) is 3.39. The first-order valence-corrected chi connectivity index (χ1v) is 11.8. The number of fused-ring (bicyclic) bond motifs is 1. The van der Waals surface area contributed by atoms with Crippen molar-refractivity contribution in [3.8, 4) is 0 Å². The van der Waals surface area contributed by atoms with Gasteiger partial charge in [-0.3, -0.25) is 4.79 Å². The van der Waals surface area contributed by atoms with Gasteiger partial charge >= 0.3 is 0 Å². The molecule has 2 N–H and O–H groups in total. The number of aryl methyl sites for hydroxylation is 1. The number of hydrogen-bond donors (Lipinski definition) is 2. The van der Waals surface area contributed by atoms with Crippen molar-refractivity contribution >= 4 is 47.6 Å². The molecule has 1 unspecified atom stereocenters. The SMILES string of the molecule is CSCCCCCCNC(=NCC(=O)N(C)C)NC1CCc2ccccc2C1.I. The number of amides is 1. The van der Waals surface area contributed by atoms with E-state index in [1.54, 1.807) is 19.0 Å². The Morgan fingerprint density at radius 1 is 1.17 bits per heavy atom. The first kappa shape index (κ1) is 26.1. The second-order valence-corrected chi connectivity index (χ2v) is 8.63. The van der Waals surface area contributed by atoms with Crippen molar-refractivity contribution in [3.63, 3.8) is 0 Å². The van der Waals surface area contributed by atoms with Crippen LogP contribution in [0.25, 0.3) is 0 Å². The van der Waals surface area contributed by atoms with Crippen LogP contribution >= 0.6 is 35.7 Å². The van der Waals surface area contributed by atoms with Gasteiger partial charge in [-0.1, -0.05) is 37.1 Å². The maximum Gasteiger partial charge on any atom is 0.243 e. The fourth-order valence-corrected chi connectivity index (χ4v) is 3.88. The number of guanidine groups is 1. The van der Waals surface area contributed by atoms with Gasteiger partial charge in [-0.2, -0.15) is 11.8 Å². The number of unbranched alkanes of at least 4 members (excludes halogenated alkanes) is 3. The highest BCUT2D eigenvalue weighted by molar-refractivity contribution is 14.0. The van der Waals surface area contributed by atoms with E-state index in [-0.39, 0.29) is 36.4 Å². The number of halogens is 1. The lowest BCUT2D eigenvalue weighted by Gasteiger charge is -2.27. The molecule has 0 fully saturated rings. The normalized spacial score (nSPS) is 15.8. The molecule has 0 aromatic heterocycles. The molecule has 0 saturated heterocycles.